The van der Waals surface area contributed by atoms with Crippen LogP contribution in [0.2, 0.25) is 5.02 Å². The number of amides is 1. The molecule has 3 aromatic carbocycles. The lowest BCUT2D eigenvalue weighted by Gasteiger charge is -2.25. The standard InChI is InChI=1S/C28H25ClFNO6/c1-35-14-13-31-25(18-5-10-21(11-6-18)37-16-17-3-8-20(30)9-4-17)24(27(33)28(31)34)26(32)22-15-19(29)7-12-23(22)36-2/h3-12,15,25,32H,13-14,16H2,1-2H3/b26-24+. The second-order valence-corrected chi connectivity index (χ2v) is 8.75. The van der Waals surface area contributed by atoms with Gasteiger partial charge in [0.15, 0.2) is 0 Å². The Labute approximate surface area is 218 Å². The molecule has 1 atom stereocenters. The van der Waals surface area contributed by atoms with Gasteiger partial charge in [-0.15, -0.1) is 0 Å². The Hall–Kier alpha value is -3.88. The first-order valence-electron chi connectivity index (χ1n) is 11.4. The van der Waals surface area contributed by atoms with Crippen LogP contribution in [-0.4, -0.2) is 49.1 Å². The van der Waals surface area contributed by atoms with E-state index in [2.05, 4.69) is 0 Å². The van der Waals surface area contributed by atoms with Crippen LogP contribution in [0, 0.1) is 5.82 Å². The molecule has 0 aliphatic carbocycles. The molecule has 7 nitrogen and oxygen atoms in total. The number of Topliss-reactive ketones (excluding diaryl/α,β-unsaturated/α-hetero) is 1. The molecule has 0 bridgehead atoms. The van der Waals surface area contributed by atoms with Crippen LogP contribution in [0.1, 0.15) is 22.7 Å². The second kappa shape index (κ2) is 11.5. The number of nitrogens with zero attached hydrogens (tertiary/aromatic N) is 1. The summed E-state index contributed by atoms with van der Waals surface area (Å²) in [6, 6.07) is 16.6. The Morgan fingerprint density at radius 3 is 2.38 bits per heavy atom. The molecule has 1 saturated heterocycles. The lowest BCUT2D eigenvalue weighted by Crippen LogP contribution is -2.32. The number of aliphatic hydroxyl groups excluding tert-OH is 1. The number of methoxy groups -OCH3 is 2. The molecular weight excluding hydrogens is 501 g/mol. The summed E-state index contributed by atoms with van der Waals surface area (Å²) in [5.41, 5.74) is 1.51. The van der Waals surface area contributed by atoms with Crippen LogP contribution in [0.25, 0.3) is 5.76 Å². The lowest BCUT2D eigenvalue weighted by molar-refractivity contribution is -0.140. The molecule has 37 heavy (non-hydrogen) atoms. The molecule has 1 amide bonds. The van der Waals surface area contributed by atoms with Gasteiger partial charge in [-0.1, -0.05) is 35.9 Å². The van der Waals surface area contributed by atoms with Crippen molar-refractivity contribution in [2.24, 2.45) is 0 Å². The van der Waals surface area contributed by atoms with E-state index in [0.29, 0.717) is 22.1 Å². The van der Waals surface area contributed by atoms with Crippen LogP contribution in [-0.2, 0) is 20.9 Å². The maximum Gasteiger partial charge on any atom is 0.295 e. The number of likely N-dealkylation sites (tertiary alicyclic amines) is 1. The van der Waals surface area contributed by atoms with E-state index in [0.717, 1.165) is 5.56 Å². The summed E-state index contributed by atoms with van der Waals surface area (Å²) in [4.78, 5) is 27.5. The van der Waals surface area contributed by atoms with Gasteiger partial charge in [0.1, 0.15) is 29.7 Å². The highest BCUT2D eigenvalue weighted by molar-refractivity contribution is 6.46. The van der Waals surface area contributed by atoms with Gasteiger partial charge in [0.2, 0.25) is 0 Å². The third-order valence-electron chi connectivity index (χ3n) is 6.01. The van der Waals surface area contributed by atoms with Crippen LogP contribution in [0.15, 0.2) is 72.3 Å². The molecule has 192 valence electrons. The molecule has 1 heterocycles. The summed E-state index contributed by atoms with van der Waals surface area (Å²) in [7, 11) is 2.93. The number of halogens is 2. The van der Waals surface area contributed by atoms with E-state index in [1.54, 1.807) is 48.5 Å². The van der Waals surface area contributed by atoms with Gasteiger partial charge in [-0.25, -0.2) is 4.39 Å². The number of ether oxygens (including phenoxy) is 3. The molecule has 0 spiro atoms. The zero-order valence-corrected chi connectivity index (χ0v) is 21.0. The number of aliphatic hydroxyl groups is 1. The lowest BCUT2D eigenvalue weighted by atomic mass is 9.95. The first-order valence-corrected chi connectivity index (χ1v) is 11.8. The Morgan fingerprint density at radius 1 is 1.03 bits per heavy atom. The fraction of sp³-hybridized carbons (Fsp3) is 0.214. The molecule has 0 saturated carbocycles. The van der Waals surface area contributed by atoms with Crippen molar-refractivity contribution in [1.29, 1.82) is 0 Å². The SMILES string of the molecule is COCCN1C(=O)C(=O)/C(=C(/O)c2cc(Cl)ccc2OC)C1c1ccc(OCc2ccc(F)cc2)cc1. The zero-order valence-electron chi connectivity index (χ0n) is 20.2. The van der Waals surface area contributed by atoms with Gasteiger partial charge in [0, 0.05) is 18.7 Å². The van der Waals surface area contributed by atoms with E-state index in [1.165, 1.54) is 37.3 Å². The number of hydrogen-bond donors (Lipinski definition) is 1. The minimum absolute atomic E-state index is 0.0818. The van der Waals surface area contributed by atoms with Gasteiger partial charge in [-0.2, -0.15) is 0 Å². The van der Waals surface area contributed by atoms with E-state index in [9.17, 15) is 19.1 Å². The van der Waals surface area contributed by atoms with Crippen LogP contribution < -0.4 is 9.47 Å². The number of benzene rings is 3. The molecule has 0 radical (unpaired) electrons. The van der Waals surface area contributed by atoms with Gasteiger partial charge in [0.25, 0.3) is 11.7 Å². The van der Waals surface area contributed by atoms with E-state index in [4.69, 9.17) is 25.8 Å². The van der Waals surface area contributed by atoms with Crippen molar-refractivity contribution < 1.29 is 33.3 Å². The van der Waals surface area contributed by atoms with Crippen LogP contribution in [0.3, 0.4) is 0 Å². The molecule has 1 fully saturated rings. The summed E-state index contributed by atoms with van der Waals surface area (Å²) >= 11 is 6.14. The van der Waals surface area contributed by atoms with Crippen LogP contribution in [0.4, 0.5) is 4.39 Å². The van der Waals surface area contributed by atoms with Crippen molar-refractivity contribution in [3.63, 3.8) is 0 Å². The maximum atomic E-state index is 13.1. The Morgan fingerprint density at radius 2 is 1.73 bits per heavy atom. The first kappa shape index (κ1) is 26.2. The fourth-order valence-electron chi connectivity index (χ4n) is 4.15. The maximum absolute atomic E-state index is 13.1. The van der Waals surface area contributed by atoms with Crippen LogP contribution >= 0.6 is 11.6 Å². The average Bonchev–Trinajstić information content (AvgIpc) is 3.16. The topological polar surface area (TPSA) is 85.3 Å². The van der Waals surface area contributed by atoms with Gasteiger partial charge >= 0.3 is 0 Å². The van der Waals surface area contributed by atoms with Crippen molar-refractivity contribution >= 4 is 29.1 Å². The highest BCUT2D eigenvalue weighted by Crippen LogP contribution is 2.41. The molecule has 0 aromatic heterocycles. The molecule has 1 aliphatic heterocycles. The number of carbonyl (C=O) groups excluding carboxylic acids is 2. The van der Waals surface area contributed by atoms with Crippen molar-refractivity contribution in [3.05, 3.63) is 99.8 Å². The average molecular weight is 526 g/mol. The van der Waals surface area contributed by atoms with Crippen LogP contribution in [0.5, 0.6) is 11.5 Å². The molecule has 4 rings (SSSR count). The van der Waals surface area contributed by atoms with Crippen molar-refractivity contribution in [1.82, 2.24) is 4.90 Å². The fourth-order valence-corrected chi connectivity index (χ4v) is 4.32. The van der Waals surface area contributed by atoms with E-state index in [-0.39, 0.29) is 42.5 Å². The first-order chi connectivity index (χ1) is 17.8. The minimum Gasteiger partial charge on any atom is -0.507 e. The molecule has 1 unspecified atom stereocenters. The second-order valence-electron chi connectivity index (χ2n) is 8.31. The van der Waals surface area contributed by atoms with E-state index >= 15 is 0 Å². The summed E-state index contributed by atoms with van der Waals surface area (Å²) in [5.74, 6) is -1.45. The number of rotatable bonds is 9. The Balaban J connectivity index is 1.70. The monoisotopic (exact) mass is 525 g/mol. The summed E-state index contributed by atoms with van der Waals surface area (Å²) in [6.45, 7) is 0.571. The smallest absolute Gasteiger partial charge is 0.295 e. The number of carbonyl (C=O) groups is 2. The Bertz CT molecular complexity index is 1320. The van der Waals surface area contributed by atoms with E-state index < -0.39 is 17.7 Å². The van der Waals surface area contributed by atoms with Crippen molar-refractivity contribution in [2.75, 3.05) is 27.4 Å². The summed E-state index contributed by atoms with van der Waals surface area (Å²) < 4.78 is 29.4. The van der Waals surface area contributed by atoms with Gasteiger partial charge in [-0.05, 0) is 53.6 Å². The van der Waals surface area contributed by atoms with E-state index in [1.807, 2.05) is 0 Å². The van der Waals surface area contributed by atoms with Crippen molar-refractivity contribution in [2.45, 2.75) is 12.6 Å². The van der Waals surface area contributed by atoms with Gasteiger partial charge < -0.3 is 24.2 Å². The number of ketones is 1. The molecule has 9 heteroatoms. The molecule has 3 aromatic rings. The summed E-state index contributed by atoms with van der Waals surface area (Å²) in [6.07, 6.45) is 0. The third-order valence-corrected chi connectivity index (χ3v) is 6.24. The predicted octanol–water partition coefficient (Wildman–Crippen LogP) is 5.13. The molecule has 1 N–H and O–H groups in total. The predicted molar refractivity (Wildman–Crippen MR) is 136 cm³/mol. The normalized spacial score (nSPS) is 16.8. The molecule has 1 aliphatic rings. The van der Waals surface area contributed by atoms with Gasteiger partial charge in [-0.3, -0.25) is 9.59 Å². The third kappa shape index (κ3) is 5.60. The quantitative estimate of drug-likeness (QED) is 0.237. The molecular formula is C28H25ClFNO6. The summed E-state index contributed by atoms with van der Waals surface area (Å²) in [5, 5.41) is 11.6. The van der Waals surface area contributed by atoms with Crippen molar-refractivity contribution in [3.8, 4) is 11.5 Å². The highest BCUT2D eigenvalue weighted by Gasteiger charge is 2.46. The van der Waals surface area contributed by atoms with Gasteiger partial charge in [0.05, 0.1) is 30.9 Å². The zero-order chi connectivity index (χ0) is 26.5. The number of hydrogen-bond acceptors (Lipinski definition) is 6. The Kier molecular flexibility index (Phi) is 8.11. The highest BCUT2D eigenvalue weighted by atomic mass is 35.5. The minimum atomic E-state index is -0.870. The largest absolute Gasteiger partial charge is 0.507 e.